The molecule has 0 aromatic heterocycles. The van der Waals surface area contributed by atoms with Crippen LogP contribution in [0.2, 0.25) is 0 Å². The average molecular weight is 259 g/mol. The summed E-state index contributed by atoms with van der Waals surface area (Å²) in [6, 6.07) is 6.11. The Balaban J connectivity index is 0.00000144. The number of nitrogens with one attached hydrogen (secondary N) is 1. The molecule has 0 heterocycles. The highest BCUT2D eigenvalue weighted by atomic mass is 35.5. The van der Waals surface area contributed by atoms with Crippen LogP contribution in [0.25, 0.3) is 0 Å². The lowest BCUT2D eigenvalue weighted by atomic mass is 9.98. The zero-order valence-electron chi connectivity index (χ0n) is 9.41. The van der Waals surface area contributed by atoms with Gasteiger partial charge >= 0.3 is 0 Å². The van der Waals surface area contributed by atoms with E-state index in [-0.39, 0.29) is 24.0 Å². The molecule has 5 heteroatoms. The molecule has 0 radical (unpaired) electrons. The molecule has 0 bridgehead atoms. The van der Waals surface area contributed by atoms with Crippen molar-refractivity contribution in [1.82, 2.24) is 0 Å². The first-order valence-corrected chi connectivity index (χ1v) is 5.47. The van der Waals surface area contributed by atoms with Gasteiger partial charge in [-0.2, -0.15) is 0 Å². The van der Waals surface area contributed by atoms with Crippen molar-refractivity contribution in [1.29, 1.82) is 0 Å². The average Bonchev–Trinajstić information content (AvgIpc) is 2.70. The van der Waals surface area contributed by atoms with Crippen LogP contribution < -0.4 is 11.1 Å². The molecule has 3 nitrogen and oxygen atoms in total. The van der Waals surface area contributed by atoms with Gasteiger partial charge in [-0.25, -0.2) is 4.39 Å². The number of hydrogen-bond acceptors (Lipinski definition) is 2. The van der Waals surface area contributed by atoms with Crippen molar-refractivity contribution < 1.29 is 9.18 Å². The Bertz CT molecular complexity index is 405. The van der Waals surface area contributed by atoms with Gasteiger partial charge < -0.3 is 11.1 Å². The minimum Gasteiger partial charge on any atom is -0.322 e. The van der Waals surface area contributed by atoms with Crippen LogP contribution >= 0.6 is 12.4 Å². The number of carbonyl (C=O) groups is 1. The van der Waals surface area contributed by atoms with Crippen LogP contribution in [0.4, 0.5) is 10.1 Å². The Morgan fingerprint density at radius 1 is 1.29 bits per heavy atom. The Kier molecular flexibility index (Phi) is 4.48. The lowest BCUT2D eigenvalue weighted by Gasteiger charge is -2.22. The second-order valence-electron chi connectivity index (χ2n) is 4.30. The third kappa shape index (κ3) is 2.96. The molecule has 0 spiro atoms. The van der Waals surface area contributed by atoms with Gasteiger partial charge in [-0.3, -0.25) is 4.79 Å². The summed E-state index contributed by atoms with van der Waals surface area (Å²) in [7, 11) is 0. The van der Waals surface area contributed by atoms with E-state index in [1.807, 2.05) is 0 Å². The fourth-order valence-electron chi connectivity index (χ4n) is 2.04. The maximum Gasteiger partial charge on any atom is 0.244 e. The Morgan fingerprint density at radius 2 is 1.88 bits per heavy atom. The molecule has 1 saturated carbocycles. The standard InChI is InChI=1S/C12H15FN2O.ClH/c13-9-5-1-2-6-10(9)15-11(16)12(14)7-3-4-8-12;/h1-2,5-6H,3-4,7-8,14H2,(H,15,16);1H. The molecule has 2 rings (SSSR count). The highest BCUT2D eigenvalue weighted by Gasteiger charge is 2.37. The summed E-state index contributed by atoms with van der Waals surface area (Å²) in [5.41, 5.74) is 5.35. The molecule has 0 aliphatic heterocycles. The number of amides is 1. The van der Waals surface area contributed by atoms with Crippen LogP contribution in [0.5, 0.6) is 0 Å². The van der Waals surface area contributed by atoms with Crippen molar-refractivity contribution in [3.63, 3.8) is 0 Å². The summed E-state index contributed by atoms with van der Waals surface area (Å²) in [4.78, 5) is 11.9. The van der Waals surface area contributed by atoms with E-state index in [1.54, 1.807) is 12.1 Å². The van der Waals surface area contributed by atoms with E-state index in [1.165, 1.54) is 12.1 Å². The van der Waals surface area contributed by atoms with Crippen molar-refractivity contribution in [3.8, 4) is 0 Å². The maximum absolute atomic E-state index is 13.3. The number of anilines is 1. The highest BCUT2D eigenvalue weighted by molar-refractivity contribution is 5.98. The molecule has 17 heavy (non-hydrogen) atoms. The third-order valence-electron chi connectivity index (χ3n) is 3.07. The number of nitrogens with two attached hydrogens (primary N) is 1. The number of hydrogen-bond donors (Lipinski definition) is 2. The van der Waals surface area contributed by atoms with Crippen LogP contribution in [-0.4, -0.2) is 11.4 Å². The molecule has 1 amide bonds. The van der Waals surface area contributed by atoms with Gasteiger partial charge in [0.1, 0.15) is 5.82 Å². The molecule has 0 saturated heterocycles. The lowest BCUT2D eigenvalue weighted by molar-refractivity contribution is -0.121. The van der Waals surface area contributed by atoms with Crippen LogP contribution in [0.1, 0.15) is 25.7 Å². The van der Waals surface area contributed by atoms with Gasteiger partial charge in [-0.05, 0) is 25.0 Å². The van der Waals surface area contributed by atoms with Crippen molar-refractivity contribution in [2.75, 3.05) is 5.32 Å². The molecule has 1 fully saturated rings. The minimum absolute atomic E-state index is 0. The molecule has 1 aromatic rings. The van der Waals surface area contributed by atoms with E-state index in [0.717, 1.165) is 12.8 Å². The SMILES string of the molecule is Cl.NC1(C(=O)Nc2ccccc2F)CCCC1. The summed E-state index contributed by atoms with van der Waals surface area (Å²) in [6.07, 6.45) is 3.27. The number of halogens is 2. The fraction of sp³-hybridized carbons (Fsp3) is 0.417. The summed E-state index contributed by atoms with van der Waals surface area (Å²) in [5.74, 6) is -0.715. The van der Waals surface area contributed by atoms with E-state index >= 15 is 0 Å². The number of carbonyl (C=O) groups excluding carboxylic acids is 1. The number of rotatable bonds is 2. The quantitative estimate of drug-likeness (QED) is 0.856. The van der Waals surface area contributed by atoms with Gasteiger partial charge in [-0.1, -0.05) is 25.0 Å². The van der Waals surface area contributed by atoms with Gasteiger partial charge in [0.25, 0.3) is 0 Å². The van der Waals surface area contributed by atoms with Crippen LogP contribution in [0.15, 0.2) is 24.3 Å². The first-order valence-electron chi connectivity index (χ1n) is 5.47. The van der Waals surface area contributed by atoms with E-state index in [2.05, 4.69) is 5.32 Å². The maximum atomic E-state index is 13.3. The van der Waals surface area contributed by atoms with Gasteiger partial charge in [-0.15, -0.1) is 12.4 Å². The summed E-state index contributed by atoms with van der Waals surface area (Å²) in [5, 5.41) is 2.55. The second-order valence-corrected chi connectivity index (χ2v) is 4.30. The molecule has 0 atom stereocenters. The molecule has 1 aromatic carbocycles. The molecule has 1 aliphatic rings. The third-order valence-corrected chi connectivity index (χ3v) is 3.07. The monoisotopic (exact) mass is 258 g/mol. The van der Waals surface area contributed by atoms with Crippen molar-refractivity contribution in [3.05, 3.63) is 30.1 Å². The number of benzene rings is 1. The van der Waals surface area contributed by atoms with Gasteiger partial charge in [0.15, 0.2) is 0 Å². The minimum atomic E-state index is -0.817. The molecule has 94 valence electrons. The lowest BCUT2D eigenvalue weighted by Crippen LogP contribution is -2.48. The van der Waals surface area contributed by atoms with Crippen molar-refractivity contribution in [2.45, 2.75) is 31.2 Å². The predicted octanol–water partition coefficient (Wildman–Crippen LogP) is 2.46. The molecular formula is C12H16ClFN2O. The van der Waals surface area contributed by atoms with Crippen LogP contribution in [0, 0.1) is 5.82 Å². The zero-order chi connectivity index (χ0) is 11.6. The summed E-state index contributed by atoms with van der Waals surface area (Å²) < 4.78 is 13.3. The fourth-order valence-corrected chi connectivity index (χ4v) is 2.04. The van der Waals surface area contributed by atoms with Gasteiger partial charge in [0.05, 0.1) is 11.2 Å². The first-order chi connectivity index (χ1) is 7.62. The second kappa shape index (κ2) is 5.47. The largest absolute Gasteiger partial charge is 0.322 e. The molecular weight excluding hydrogens is 243 g/mol. The first kappa shape index (κ1) is 13.9. The van der Waals surface area contributed by atoms with E-state index in [9.17, 15) is 9.18 Å². The smallest absolute Gasteiger partial charge is 0.244 e. The Morgan fingerprint density at radius 3 is 2.47 bits per heavy atom. The molecule has 3 N–H and O–H groups in total. The van der Waals surface area contributed by atoms with Gasteiger partial charge in [0, 0.05) is 0 Å². The van der Waals surface area contributed by atoms with Crippen LogP contribution in [-0.2, 0) is 4.79 Å². The normalized spacial score (nSPS) is 17.3. The van der Waals surface area contributed by atoms with E-state index in [4.69, 9.17) is 5.73 Å². The Labute approximate surface area is 106 Å². The van der Waals surface area contributed by atoms with Crippen LogP contribution in [0.3, 0.4) is 0 Å². The number of para-hydroxylation sites is 1. The molecule has 1 aliphatic carbocycles. The molecule has 0 unspecified atom stereocenters. The van der Waals surface area contributed by atoms with E-state index in [0.29, 0.717) is 12.8 Å². The van der Waals surface area contributed by atoms with E-state index < -0.39 is 11.4 Å². The van der Waals surface area contributed by atoms with Crippen molar-refractivity contribution in [2.24, 2.45) is 5.73 Å². The van der Waals surface area contributed by atoms with Gasteiger partial charge in [0.2, 0.25) is 5.91 Å². The zero-order valence-corrected chi connectivity index (χ0v) is 10.2. The van der Waals surface area contributed by atoms with Crippen molar-refractivity contribution >= 4 is 24.0 Å². The topological polar surface area (TPSA) is 55.1 Å². The predicted molar refractivity (Wildman–Crippen MR) is 67.7 cm³/mol. The summed E-state index contributed by atoms with van der Waals surface area (Å²) in [6.45, 7) is 0. The summed E-state index contributed by atoms with van der Waals surface area (Å²) >= 11 is 0. The Hall–Kier alpha value is -1.13. The highest BCUT2D eigenvalue weighted by Crippen LogP contribution is 2.28.